The van der Waals surface area contributed by atoms with E-state index in [-0.39, 0.29) is 87.7 Å². The fraction of sp³-hybridized carbons (Fsp3) is 0.172. The molecule has 0 atom stereocenters. The number of rotatable bonds is 3. The average Bonchev–Trinajstić information content (AvgIpc) is 2.91. The number of fused-ring (bicyclic) bond motifs is 8. The molecule has 4 N–H and O–H groups in total. The summed E-state index contributed by atoms with van der Waals surface area (Å²) in [5, 5.41) is 80.0. The van der Waals surface area contributed by atoms with E-state index in [9.17, 15) is 50.8 Å². The summed E-state index contributed by atoms with van der Waals surface area (Å²) in [6.45, 7) is 1.74. The molecule has 13 heteroatoms. The van der Waals surface area contributed by atoms with E-state index >= 15 is 0 Å². The smallest absolute Gasteiger partial charge is 0.270 e. The molecule has 0 spiro atoms. The minimum absolute atomic E-state index is 0.000825. The topological polar surface area (TPSA) is 210 Å². The van der Waals surface area contributed by atoms with E-state index in [1.54, 1.807) is 19.1 Å². The van der Waals surface area contributed by atoms with E-state index in [1.165, 1.54) is 0 Å². The third-order valence-corrected chi connectivity index (χ3v) is 7.33. The van der Waals surface area contributed by atoms with Crippen LogP contribution in [0.15, 0.2) is 48.5 Å². The highest BCUT2D eigenvalue weighted by molar-refractivity contribution is 5.60. The van der Waals surface area contributed by atoms with Crippen molar-refractivity contribution in [2.24, 2.45) is 0 Å². The number of non-ortho nitro benzene ring substituents is 3. The lowest BCUT2D eigenvalue weighted by molar-refractivity contribution is -0.385. The van der Waals surface area contributed by atoms with Gasteiger partial charge >= 0.3 is 0 Å². The van der Waals surface area contributed by atoms with Crippen LogP contribution in [0.4, 0.5) is 17.1 Å². The SMILES string of the molecule is Cc1cc2c(O)c(c1)Cc1cc([N+](=O)[O-])cc(c1O)Cc1cc([N+](=O)[O-])cc(c1O)Cc1cc([N+](=O)[O-])cc(c1O)C2. The number of hydrogen-bond donors (Lipinski definition) is 4. The summed E-state index contributed by atoms with van der Waals surface area (Å²) in [5.41, 5.74) is 0.180. The standard InChI is InChI=1S/C29H23N3O10/c1-14-2-15-4-17-8-23(30(37)38)10-19(27(17)34)6-21-12-25(32(41)42)13-22(29(21)36)7-20-11-24(31(39)40)9-18(28(20)35)5-16(3-14)26(15)33/h2-3,8-13,33-36H,4-7H2,1H3. The Balaban J connectivity index is 1.84. The van der Waals surface area contributed by atoms with Crippen LogP contribution < -0.4 is 0 Å². The largest absolute Gasteiger partial charge is 0.507 e. The lowest BCUT2D eigenvalue weighted by atomic mass is 9.90. The first-order chi connectivity index (χ1) is 19.8. The number of aromatic hydroxyl groups is 4. The molecule has 0 unspecified atom stereocenters. The number of nitrogens with zero attached hydrogens (tertiary/aromatic N) is 3. The Labute approximate surface area is 237 Å². The zero-order valence-electron chi connectivity index (χ0n) is 22.0. The van der Waals surface area contributed by atoms with Gasteiger partial charge in [-0.25, -0.2) is 0 Å². The molecule has 13 nitrogen and oxygen atoms in total. The molecule has 0 radical (unpaired) electrons. The highest BCUT2D eigenvalue weighted by Gasteiger charge is 2.25. The Morgan fingerprint density at radius 3 is 0.833 bits per heavy atom. The summed E-state index contributed by atoms with van der Waals surface area (Å²) in [7, 11) is 0. The summed E-state index contributed by atoms with van der Waals surface area (Å²) < 4.78 is 0. The van der Waals surface area contributed by atoms with Gasteiger partial charge < -0.3 is 20.4 Å². The molecule has 0 amide bonds. The van der Waals surface area contributed by atoms with Crippen molar-refractivity contribution >= 4 is 17.1 Å². The van der Waals surface area contributed by atoms with Crippen LogP contribution in [-0.4, -0.2) is 35.2 Å². The van der Waals surface area contributed by atoms with Gasteiger partial charge in [0, 0.05) is 95.5 Å². The minimum Gasteiger partial charge on any atom is -0.507 e. The Hall–Kier alpha value is -5.72. The number of phenols is 4. The van der Waals surface area contributed by atoms with Crippen molar-refractivity contribution < 1.29 is 35.2 Å². The van der Waals surface area contributed by atoms with Crippen molar-refractivity contribution in [2.45, 2.75) is 32.6 Å². The van der Waals surface area contributed by atoms with Gasteiger partial charge in [0.15, 0.2) is 0 Å². The fourth-order valence-corrected chi connectivity index (χ4v) is 5.37. The second kappa shape index (κ2) is 10.4. The van der Waals surface area contributed by atoms with Gasteiger partial charge in [0.2, 0.25) is 0 Å². The lowest BCUT2D eigenvalue weighted by Gasteiger charge is -2.17. The predicted molar refractivity (Wildman–Crippen MR) is 148 cm³/mol. The zero-order chi connectivity index (χ0) is 30.5. The molecular weight excluding hydrogens is 550 g/mol. The molecule has 4 aromatic rings. The maximum Gasteiger partial charge on any atom is 0.270 e. The summed E-state index contributed by atoms with van der Waals surface area (Å²) >= 11 is 0. The van der Waals surface area contributed by atoms with E-state index < -0.39 is 26.2 Å². The highest BCUT2D eigenvalue weighted by atomic mass is 16.6. The van der Waals surface area contributed by atoms with Crippen LogP contribution in [-0.2, 0) is 25.7 Å². The average molecular weight is 574 g/mol. The van der Waals surface area contributed by atoms with E-state index in [1.807, 2.05) is 0 Å². The quantitative estimate of drug-likeness (QED) is 0.163. The second-order valence-corrected chi connectivity index (χ2v) is 10.2. The van der Waals surface area contributed by atoms with E-state index in [0.29, 0.717) is 16.7 Å². The van der Waals surface area contributed by atoms with Gasteiger partial charge in [0.05, 0.1) is 14.8 Å². The summed E-state index contributed by atoms with van der Waals surface area (Å²) in [6, 6.07) is 9.88. The van der Waals surface area contributed by atoms with Crippen LogP contribution in [0.3, 0.4) is 0 Å². The van der Waals surface area contributed by atoms with Crippen molar-refractivity contribution in [3.05, 3.63) is 129 Å². The number of nitro groups is 3. The van der Waals surface area contributed by atoms with Crippen LogP contribution in [0, 0.1) is 37.3 Å². The normalized spacial score (nSPS) is 12.5. The molecular formula is C29H23N3O10. The van der Waals surface area contributed by atoms with Crippen LogP contribution in [0.25, 0.3) is 0 Å². The Kier molecular flexibility index (Phi) is 6.86. The number of aryl methyl sites for hydroxylation is 1. The molecule has 42 heavy (non-hydrogen) atoms. The molecule has 0 aliphatic heterocycles. The number of hydrogen-bond acceptors (Lipinski definition) is 10. The van der Waals surface area contributed by atoms with Crippen LogP contribution >= 0.6 is 0 Å². The number of benzene rings is 4. The molecule has 0 aromatic heterocycles. The van der Waals surface area contributed by atoms with E-state index in [0.717, 1.165) is 36.4 Å². The molecule has 5 rings (SSSR count). The monoisotopic (exact) mass is 573 g/mol. The molecule has 0 saturated carbocycles. The van der Waals surface area contributed by atoms with Crippen molar-refractivity contribution in [1.29, 1.82) is 0 Å². The lowest BCUT2D eigenvalue weighted by Crippen LogP contribution is -2.04. The number of phenolic OH excluding ortho intramolecular Hbond substituents is 4. The second-order valence-electron chi connectivity index (χ2n) is 10.2. The molecule has 4 aromatic carbocycles. The first-order valence-corrected chi connectivity index (χ1v) is 12.6. The molecule has 0 heterocycles. The Morgan fingerprint density at radius 2 is 0.643 bits per heavy atom. The van der Waals surface area contributed by atoms with Crippen molar-refractivity contribution in [2.75, 3.05) is 0 Å². The molecule has 8 bridgehead atoms. The third kappa shape index (κ3) is 5.10. The van der Waals surface area contributed by atoms with Crippen molar-refractivity contribution in [3.8, 4) is 23.0 Å². The number of nitro benzene ring substituents is 3. The fourth-order valence-electron chi connectivity index (χ4n) is 5.37. The van der Waals surface area contributed by atoms with Crippen molar-refractivity contribution in [3.63, 3.8) is 0 Å². The maximum atomic E-state index is 11.8. The molecule has 1 aliphatic carbocycles. The van der Waals surface area contributed by atoms with Crippen LogP contribution in [0.2, 0.25) is 0 Å². The predicted octanol–water partition coefficient (Wildman–Crippen LogP) is 5.22. The van der Waals surface area contributed by atoms with Gasteiger partial charge in [0.25, 0.3) is 17.1 Å². The van der Waals surface area contributed by atoms with Gasteiger partial charge in [-0.1, -0.05) is 17.7 Å². The molecule has 1 aliphatic rings. The van der Waals surface area contributed by atoms with Gasteiger partial charge in [-0.15, -0.1) is 0 Å². The zero-order valence-corrected chi connectivity index (χ0v) is 22.0. The minimum atomic E-state index is -0.709. The van der Waals surface area contributed by atoms with Gasteiger partial charge in [-0.3, -0.25) is 30.3 Å². The first-order valence-electron chi connectivity index (χ1n) is 12.6. The third-order valence-electron chi connectivity index (χ3n) is 7.33. The van der Waals surface area contributed by atoms with Crippen LogP contribution in [0.5, 0.6) is 23.0 Å². The molecule has 0 fully saturated rings. The molecule has 214 valence electrons. The van der Waals surface area contributed by atoms with E-state index in [4.69, 9.17) is 0 Å². The van der Waals surface area contributed by atoms with E-state index in [2.05, 4.69) is 0 Å². The first kappa shape index (κ1) is 27.8. The molecule has 0 saturated heterocycles. The Morgan fingerprint density at radius 1 is 0.452 bits per heavy atom. The van der Waals surface area contributed by atoms with Crippen LogP contribution in [0.1, 0.15) is 50.1 Å². The summed E-state index contributed by atoms with van der Waals surface area (Å²) in [6.07, 6.45) is -1.00. The maximum absolute atomic E-state index is 11.8. The van der Waals surface area contributed by atoms with Gasteiger partial charge in [-0.05, 0) is 18.1 Å². The van der Waals surface area contributed by atoms with Gasteiger partial charge in [0.1, 0.15) is 23.0 Å². The van der Waals surface area contributed by atoms with Gasteiger partial charge in [-0.2, -0.15) is 0 Å². The highest BCUT2D eigenvalue weighted by Crippen LogP contribution is 2.41. The summed E-state index contributed by atoms with van der Waals surface area (Å²) in [5.74, 6) is -1.35. The summed E-state index contributed by atoms with van der Waals surface area (Å²) in [4.78, 5) is 33.3. The van der Waals surface area contributed by atoms with Crippen molar-refractivity contribution in [1.82, 2.24) is 0 Å². The Bertz CT molecular complexity index is 1720.